The van der Waals surface area contributed by atoms with E-state index in [0.29, 0.717) is 0 Å². The van der Waals surface area contributed by atoms with Crippen molar-refractivity contribution in [3.8, 4) is 0 Å². The first kappa shape index (κ1) is 14.8. The third-order valence-corrected chi connectivity index (χ3v) is 2.71. The lowest BCUT2D eigenvalue weighted by atomic mass is 10.1. The summed E-state index contributed by atoms with van der Waals surface area (Å²) in [6, 6.07) is 0.214. The molecule has 0 saturated heterocycles. The van der Waals surface area contributed by atoms with Crippen LogP contribution in [0.2, 0.25) is 0 Å². The minimum Gasteiger partial charge on any atom is -0.340 e. The Kier molecular flexibility index (Phi) is 10.1. The molecule has 0 aliphatic carbocycles. The number of halogens is 1. The first-order valence-corrected chi connectivity index (χ1v) is 6.50. The van der Waals surface area contributed by atoms with E-state index in [4.69, 9.17) is 11.6 Å². The van der Waals surface area contributed by atoms with E-state index >= 15 is 0 Å². The summed E-state index contributed by atoms with van der Waals surface area (Å²) in [5, 5.41) is 2.24. The van der Waals surface area contributed by atoms with Crippen molar-refractivity contribution in [2.24, 2.45) is 0 Å². The fraction of sp³-hybridized carbons (Fsp3) is 0.917. The number of hydrogen-bond acceptors (Lipinski definition) is 1. The molecule has 0 radical (unpaired) electrons. The van der Waals surface area contributed by atoms with Crippen LogP contribution in [0, 0.1) is 0 Å². The van der Waals surface area contributed by atoms with Gasteiger partial charge in [-0.05, 0) is 24.9 Å². The van der Waals surface area contributed by atoms with Gasteiger partial charge in [0.25, 0.3) is 0 Å². The van der Waals surface area contributed by atoms with E-state index in [9.17, 15) is 4.79 Å². The Hall–Kier alpha value is -0.240. The number of carbonyl (C=O) groups excluding carboxylic acids is 1. The number of carbonyl (C=O) groups is 1. The van der Waals surface area contributed by atoms with Gasteiger partial charge in [0.2, 0.25) is 0 Å². The molecule has 90 valence electrons. The molecule has 1 N–H and O–H groups in total. The van der Waals surface area contributed by atoms with Crippen LogP contribution in [0.15, 0.2) is 0 Å². The minimum absolute atomic E-state index is 0.214. The van der Waals surface area contributed by atoms with Crippen LogP contribution in [0.3, 0.4) is 0 Å². The molecule has 0 heterocycles. The summed E-state index contributed by atoms with van der Waals surface area (Å²) in [6.07, 6.45) is 10.2. The van der Waals surface area contributed by atoms with Crippen molar-refractivity contribution in [3.63, 3.8) is 0 Å². The summed E-state index contributed by atoms with van der Waals surface area (Å²) in [5.41, 5.74) is 0. The molecule has 1 atom stereocenters. The third-order valence-electron chi connectivity index (χ3n) is 2.60. The summed E-state index contributed by atoms with van der Waals surface area (Å²) in [7, 11) is 0. The minimum atomic E-state index is -0.439. The summed E-state index contributed by atoms with van der Waals surface area (Å²) >= 11 is 5.22. The molecule has 1 unspecified atom stereocenters. The molecule has 0 rings (SSSR count). The zero-order chi connectivity index (χ0) is 11.5. The van der Waals surface area contributed by atoms with Gasteiger partial charge in [-0.2, -0.15) is 0 Å². The molecule has 0 aromatic rings. The molecular formula is C12H24ClNO. The summed E-state index contributed by atoms with van der Waals surface area (Å²) < 4.78 is 0. The molecule has 0 aliphatic rings. The molecule has 1 amide bonds. The summed E-state index contributed by atoms with van der Waals surface area (Å²) in [4.78, 5) is 10.5. The van der Waals surface area contributed by atoms with E-state index in [-0.39, 0.29) is 6.04 Å². The molecule has 0 fully saturated rings. The van der Waals surface area contributed by atoms with E-state index < -0.39 is 5.37 Å². The molecule has 0 saturated carbocycles. The largest absolute Gasteiger partial charge is 0.340 e. The van der Waals surface area contributed by atoms with Crippen LogP contribution in [0.25, 0.3) is 0 Å². The number of nitrogens with one attached hydrogen (secondary N) is 1. The van der Waals surface area contributed by atoms with E-state index in [2.05, 4.69) is 12.2 Å². The van der Waals surface area contributed by atoms with Crippen molar-refractivity contribution < 1.29 is 4.79 Å². The van der Waals surface area contributed by atoms with Crippen molar-refractivity contribution in [1.29, 1.82) is 0 Å². The maximum absolute atomic E-state index is 10.5. The molecule has 0 aliphatic heterocycles. The van der Waals surface area contributed by atoms with Crippen molar-refractivity contribution in [2.75, 3.05) is 0 Å². The smallest absolute Gasteiger partial charge is 0.313 e. The normalized spacial score (nSPS) is 12.5. The highest BCUT2D eigenvalue weighted by Gasteiger charge is 2.03. The van der Waals surface area contributed by atoms with Gasteiger partial charge in [-0.1, -0.05) is 51.9 Å². The zero-order valence-electron chi connectivity index (χ0n) is 10.0. The maximum atomic E-state index is 10.5. The van der Waals surface area contributed by atoms with E-state index in [1.807, 2.05) is 6.92 Å². The zero-order valence-corrected chi connectivity index (χ0v) is 10.8. The first-order valence-electron chi connectivity index (χ1n) is 6.12. The number of rotatable bonds is 9. The van der Waals surface area contributed by atoms with E-state index in [0.717, 1.165) is 6.42 Å². The Morgan fingerprint density at radius 2 is 1.67 bits per heavy atom. The lowest BCUT2D eigenvalue weighted by molar-refractivity contribution is 0.256. The molecule has 0 aromatic carbocycles. The number of unbranched alkanes of at least 4 members (excludes halogenated alkanes) is 6. The number of hydrogen-bond donors (Lipinski definition) is 1. The molecule has 2 nitrogen and oxygen atoms in total. The average molecular weight is 234 g/mol. The SMILES string of the molecule is CCCCCCCCCC(C)NC(=O)Cl. The van der Waals surface area contributed by atoms with Gasteiger partial charge < -0.3 is 5.32 Å². The van der Waals surface area contributed by atoms with Crippen LogP contribution >= 0.6 is 11.6 Å². The fourth-order valence-corrected chi connectivity index (χ4v) is 1.86. The Morgan fingerprint density at radius 1 is 1.13 bits per heavy atom. The Labute approximate surface area is 98.8 Å². The van der Waals surface area contributed by atoms with E-state index in [1.54, 1.807) is 0 Å². The van der Waals surface area contributed by atoms with Crippen LogP contribution in [-0.4, -0.2) is 11.4 Å². The van der Waals surface area contributed by atoms with Gasteiger partial charge in [-0.15, -0.1) is 0 Å². The summed E-state index contributed by atoms with van der Waals surface area (Å²) in [6.45, 7) is 4.23. The molecule has 3 heteroatoms. The van der Waals surface area contributed by atoms with Crippen molar-refractivity contribution >= 4 is 17.0 Å². The quantitative estimate of drug-likeness (QED) is 0.356. The summed E-state index contributed by atoms with van der Waals surface area (Å²) in [5.74, 6) is 0. The topological polar surface area (TPSA) is 29.1 Å². The van der Waals surface area contributed by atoms with Gasteiger partial charge >= 0.3 is 5.37 Å². The van der Waals surface area contributed by atoms with Crippen molar-refractivity contribution in [2.45, 2.75) is 71.3 Å². The van der Waals surface area contributed by atoms with Crippen molar-refractivity contribution in [3.05, 3.63) is 0 Å². The van der Waals surface area contributed by atoms with Crippen LogP contribution in [0.5, 0.6) is 0 Å². The maximum Gasteiger partial charge on any atom is 0.313 e. The predicted molar refractivity (Wildman–Crippen MR) is 66.5 cm³/mol. The van der Waals surface area contributed by atoms with Gasteiger partial charge in [-0.25, -0.2) is 0 Å². The predicted octanol–water partition coefficient (Wildman–Crippen LogP) is 4.46. The fourth-order valence-electron chi connectivity index (χ4n) is 1.67. The Bertz CT molecular complexity index is 162. The molecule has 0 aromatic heterocycles. The Balaban J connectivity index is 3.13. The highest BCUT2D eigenvalue weighted by molar-refractivity contribution is 6.62. The van der Waals surface area contributed by atoms with Gasteiger partial charge in [0, 0.05) is 6.04 Å². The molecular weight excluding hydrogens is 210 g/mol. The molecule has 15 heavy (non-hydrogen) atoms. The van der Waals surface area contributed by atoms with Gasteiger partial charge in [-0.3, -0.25) is 4.79 Å². The van der Waals surface area contributed by atoms with Crippen molar-refractivity contribution in [1.82, 2.24) is 5.32 Å². The van der Waals surface area contributed by atoms with Crippen LogP contribution in [-0.2, 0) is 0 Å². The van der Waals surface area contributed by atoms with E-state index in [1.165, 1.54) is 44.9 Å². The second-order valence-electron chi connectivity index (χ2n) is 4.23. The standard InChI is InChI=1S/C12H24ClNO/c1-3-4-5-6-7-8-9-10-11(2)14-12(13)15/h11H,3-10H2,1-2H3,(H,14,15). The first-order chi connectivity index (χ1) is 7.16. The highest BCUT2D eigenvalue weighted by Crippen LogP contribution is 2.09. The second kappa shape index (κ2) is 10.3. The van der Waals surface area contributed by atoms with Crippen LogP contribution in [0.1, 0.15) is 65.2 Å². The van der Waals surface area contributed by atoms with Crippen LogP contribution in [0.4, 0.5) is 4.79 Å². The van der Waals surface area contributed by atoms with Crippen LogP contribution < -0.4 is 5.32 Å². The molecule has 0 spiro atoms. The molecule has 0 bridgehead atoms. The van der Waals surface area contributed by atoms with Gasteiger partial charge in [0.1, 0.15) is 0 Å². The number of amides is 1. The monoisotopic (exact) mass is 233 g/mol. The lowest BCUT2D eigenvalue weighted by Gasteiger charge is -2.10. The Morgan fingerprint density at radius 3 is 2.20 bits per heavy atom. The van der Waals surface area contributed by atoms with Gasteiger partial charge in [0.05, 0.1) is 0 Å². The van der Waals surface area contributed by atoms with Gasteiger partial charge in [0.15, 0.2) is 0 Å². The lowest BCUT2D eigenvalue weighted by Crippen LogP contribution is -2.27. The average Bonchev–Trinajstić information content (AvgIpc) is 2.15. The highest BCUT2D eigenvalue weighted by atomic mass is 35.5. The second-order valence-corrected chi connectivity index (χ2v) is 4.57. The third kappa shape index (κ3) is 11.7.